The first kappa shape index (κ1) is 26.6. The third kappa shape index (κ3) is 3.19. The van der Waals surface area contributed by atoms with Gasteiger partial charge in [-0.2, -0.15) is 0 Å². The van der Waals surface area contributed by atoms with E-state index in [1.165, 1.54) is 6.08 Å². The third-order valence-corrected chi connectivity index (χ3v) is 10.9. The fourth-order valence-electron chi connectivity index (χ4n) is 7.74. The normalized spacial score (nSPS) is 46.5. The Hall–Kier alpha value is -1.47. The van der Waals surface area contributed by atoms with E-state index in [0.29, 0.717) is 6.42 Å². The molecule has 4 aliphatic carbocycles. The summed E-state index contributed by atoms with van der Waals surface area (Å²) in [6.45, 7) is 8.71. The molecule has 194 valence electrons. The van der Waals surface area contributed by atoms with Gasteiger partial charge in [-0.1, -0.05) is 33.8 Å². The molecule has 0 aromatic carbocycles. The highest BCUT2D eigenvalue weighted by Gasteiger charge is 2.78. The summed E-state index contributed by atoms with van der Waals surface area (Å²) in [5.74, 6) is -4.58. The van der Waals surface area contributed by atoms with Crippen LogP contribution in [-0.2, 0) is 23.9 Å². The lowest BCUT2D eigenvalue weighted by molar-refractivity contribution is -0.209. The predicted octanol–water partition coefficient (Wildman–Crippen LogP) is 5.62. The fourth-order valence-corrected chi connectivity index (χ4v) is 8.93. The van der Waals surface area contributed by atoms with Crippen LogP contribution in [0.5, 0.6) is 0 Å². The van der Waals surface area contributed by atoms with Gasteiger partial charge in [0.1, 0.15) is 6.17 Å². The van der Waals surface area contributed by atoms with E-state index in [1.54, 1.807) is 20.8 Å². The number of fused-ring (bicyclic) bond motifs is 5. The summed E-state index contributed by atoms with van der Waals surface area (Å²) in [4.78, 5) is 36.8. The Morgan fingerprint density at radius 1 is 1.20 bits per heavy atom. The van der Waals surface area contributed by atoms with Crippen LogP contribution in [0.15, 0.2) is 23.6 Å². The van der Waals surface area contributed by atoms with Crippen molar-refractivity contribution in [2.24, 2.45) is 28.6 Å². The van der Waals surface area contributed by atoms with Gasteiger partial charge in [0.15, 0.2) is 5.83 Å². The molecule has 3 saturated carbocycles. The number of ketones is 1. The summed E-state index contributed by atoms with van der Waals surface area (Å²) < 4.78 is 42.1. The molecule has 35 heavy (non-hydrogen) atoms. The van der Waals surface area contributed by atoms with Crippen LogP contribution in [0.2, 0.25) is 0 Å². The van der Waals surface area contributed by atoms with E-state index in [9.17, 15) is 18.8 Å². The molecule has 9 atom stereocenters. The van der Waals surface area contributed by atoms with Crippen molar-refractivity contribution in [2.75, 3.05) is 6.61 Å². The van der Waals surface area contributed by atoms with Crippen LogP contribution < -0.4 is 0 Å². The highest BCUT2D eigenvalue weighted by Crippen LogP contribution is 2.73. The minimum atomic E-state index is -1.75. The molecule has 3 fully saturated rings. The molecular formula is C26H32Cl2F2O5. The number of hydrogen-bond acceptors (Lipinski definition) is 5. The van der Waals surface area contributed by atoms with E-state index in [4.69, 9.17) is 32.7 Å². The second-order valence-corrected chi connectivity index (χ2v) is 12.0. The van der Waals surface area contributed by atoms with Gasteiger partial charge in [0.2, 0.25) is 11.4 Å². The van der Waals surface area contributed by atoms with E-state index in [1.807, 2.05) is 13.8 Å². The molecule has 0 aromatic rings. The number of carbonyl (C=O) groups is 3. The molecule has 9 heteroatoms. The molecule has 0 unspecified atom stereocenters. The Morgan fingerprint density at radius 3 is 2.46 bits per heavy atom. The molecule has 4 rings (SSSR count). The fraction of sp³-hybridized carbons (Fsp3) is 0.731. The number of halogens is 4. The zero-order valence-electron chi connectivity index (χ0n) is 20.6. The monoisotopic (exact) mass is 532 g/mol. The maximum Gasteiger partial charge on any atom is 0.351 e. The van der Waals surface area contributed by atoms with Crippen molar-refractivity contribution < 1.29 is 32.6 Å². The van der Waals surface area contributed by atoms with Gasteiger partial charge in [-0.25, -0.2) is 13.6 Å². The zero-order valence-corrected chi connectivity index (χ0v) is 22.1. The Morgan fingerprint density at radius 2 is 1.86 bits per heavy atom. The van der Waals surface area contributed by atoms with Crippen molar-refractivity contribution in [2.45, 2.75) is 82.3 Å². The van der Waals surface area contributed by atoms with Crippen molar-refractivity contribution in [3.63, 3.8) is 0 Å². The zero-order chi connectivity index (χ0) is 26.1. The van der Waals surface area contributed by atoms with Crippen LogP contribution in [0, 0.1) is 28.6 Å². The smallest absolute Gasteiger partial charge is 0.351 e. The first-order chi connectivity index (χ1) is 16.3. The van der Waals surface area contributed by atoms with E-state index >= 15 is 4.39 Å². The minimum absolute atomic E-state index is 0.0681. The van der Waals surface area contributed by atoms with Gasteiger partial charge in [0.05, 0.1) is 16.9 Å². The van der Waals surface area contributed by atoms with Gasteiger partial charge in [0, 0.05) is 28.7 Å². The molecule has 4 aliphatic rings. The second kappa shape index (κ2) is 8.54. The van der Waals surface area contributed by atoms with Crippen molar-refractivity contribution >= 4 is 40.9 Å². The molecule has 0 N–H and O–H groups in total. The van der Waals surface area contributed by atoms with Crippen molar-refractivity contribution in [3.05, 3.63) is 23.6 Å². The molecule has 0 amide bonds. The van der Waals surface area contributed by atoms with Crippen LogP contribution >= 0.6 is 23.2 Å². The first-order valence-electron chi connectivity index (χ1n) is 12.3. The maximum atomic E-state index is 15.7. The van der Waals surface area contributed by atoms with Gasteiger partial charge >= 0.3 is 11.9 Å². The van der Waals surface area contributed by atoms with E-state index in [-0.39, 0.29) is 37.4 Å². The van der Waals surface area contributed by atoms with Crippen LogP contribution in [-0.4, -0.2) is 46.4 Å². The molecule has 5 nitrogen and oxygen atoms in total. The number of ether oxygens (including phenoxy) is 2. The quantitative estimate of drug-likeness (QED) is 0.347. The summed E-state index contributed by atoms with van der Waals surface area (Å²) in [6.07, 6.45) is 1.32. The van der Waals surface area contributed by atoms with Gasteiger partial charge < -0.3 is 9.47 Å². The van der Waals surface area contributed by atoms with Crippen LogP contribution in [0.3, 0.4) is 0 Å². The first-order valence-corrected chi connectivity index (χ1v) is 13.1. The lowest BCUT2D eigenvalue weighted by atomic mass is 9.46. The van der Waals surface area contributed by atoms with Gasteiger partial charge in [-0.3, -0.25) is 9.59 Å². The number of esters is 2. The van der Waals surface area contributed by atoms with Crippen LogP contribution in [0.25, 0.3) is 0 Å². The Balaban J connectivity index is 1.89. The van der Waals surface area contributed by atoms with Crippen molar-refractivity contribution in [3.8, 4) is 0 Å². The van der Waals surface area contributed by atoms with Gasteiger partial charge in [-0.15, -0.1) is 23.2 Å². The minimum Gasteiger partial charge on any atom is -0.463 e. The van der Waals surface area contributed by atoms with Crippen LogP contribution in [0.1, 0.15) is 60.3 Å². The largest absolute Gasteiger partial charge is 0.463 e. The standard InChI is InChI=1S/C26H32Cl2F2O5/c1-6-19(32)35-26(22(33)34-7-2)13(3)10-14-15-11-16(29)20-21(30)17(31)8-9-23(20,4)25(15,28)18(27)12-24(14,26)5/h8-9,13-16,18H,6-7,10-12H2,1-5H3/t13-,14+,15+,16+,18+,23+,24+,25+,26+/m1/s1. The predicted molar refractivity (Wildman–Crippen MR) is 127 cm³/mol. The molecular weight excluding hydrogens is 501 g/mol. The molecule has 0 aliphatic heterocycles. The van der Waals surface area contributed by atoms with Crippen molar-refractivity contribution in [1.82, 2.24) is 0 Å². The third-order valence-electron chi connectivity index (χ3n) is 9.35. The maximum absolute atomic E-state index is 15.7. The molecule has 0 spiro atoms. The SMILES string of the molecule is CCOC(=O)[C@@]1(OC(=O)CC)[C@H](C)C[C@H]2[C@@H]3C[C@H](F)C4=C(F)C(=O)C=C[C@]4(C)[C@@]3(Cl)[C@@H](Cl)C[C@@]21C. The average molecular weight is 533 g/mol. The van der Waals surface area contributed by atoms with Crippen LogP contribution in [0.4, 0.5) is 8.78 Å². The topological polar surface area (TPSA) is 69.7 Å². The van der Waals surface area contributed by atoms with E-state index in [2.05, 4.69) is 0 Å². The summed E-state index contributed by atoms with van der Waals surface area (Å²) >= 11 is 14.4. The number of carbonyl (C=O) groups excluding carboxylic acids is 3. The number of rotatable bonds is 4. The number of alkyl halides is 3. The second-order valence-electron chi connectivity index (χ2n) is 10.8. The summed E-state index contributed by atoms with van der Waals surface area (Å²) in [7, 11) is 0. The molecule has 0 heterocycles. The summed E-state index contributed by atoms with van der Waals surface area (Å²) in [5, 5.41) is -0.854. The van der Waals surface area contributed by atoms with Gasteiger partial charge in [0.25, 0.3) is 0 Å². The summed E-state index contributed by atoms with van der Waals surface area (Å²) in [6, 6.07) is 0. The molecule has 0 radical (unpaired) electrons. The lowest BCUT2D eigenvalue weighted by Gasteiger charge is -2.64. The van der Waals surface area contributed by atoms with Gasteiger partial charge in [-0.05, 0) is 44.1 Å². The van der Waals surface area contributed by atoms with E-state index in [0.717, 1.165) is 6.08 Å². The lowest BCUT2D eigenvalue weighted by Crippen LogP contribution is -2.69. The number of allylic oxidation sites excluding steroid dienone is 4. The molecule has 0 saturated heterocycles. The highest BCUT2D eigenvalue weighted by atomic mass is 35.5. The molecule has 0 aromatic heterocycles. The molecule has 0 bridgehead atoms. The Labute approximate surface area is 214 Å². The Bertz CT molecular complexity index is 1030. The average Bonchev–Trinajstić information content (AvgIpc) is 3.00. The highest BCUT2D eigenvalue weighted by molar-refractivity contribution is 6.34. The Kier molecular flexibility index (Phi) is 6.49. The van der Waals surface area contributed by atoms with Crippen molar-refractivity contribution in [1.29, 1.82) is 0 Å². The van der Waals surface area contributed by atoms with E-state index < -0.39 is 68.2 Å². The number of hydrogen-bond donors (Lipinski definition) is 0. The summed E-state index contributed by atoms with van der Waals surface area (Å²) in [5.41, 5.74) is -4.21.